The van der Waals surface area contributed by atoms with Crippen LogP contribution >= 0.6 is 0 Å². The summed E-state index contributed by atoms with van der Waals surface area (Å²) >= 11 is 0. The molecule has 0 saturated carbocycles. The third kappa shape index (κ3) is 2.68. The lowest BCUT2D eigenvalue weighted by molar-refractivity contribution is 0.232. The van der Waals surface area contributed by atoms with Crippen LogP contribution in [-0.2, 0) is 0 Å². The van der Waals surface area contributed by atoms with Gasteiger partial charge in [-0.05, 0) is 19.4 Å². The first-order valence-electron chi connectivity index (χ1n) is 3.36. The summed E-state index contributed by atoms with van der Waals surface area (Å²) in [5.74, 6) is -0.477. The van der Waals surface area contributed by atoms with Gasteiger partial charge in [0.2, 0.25) is 0 Å². The SMILES string of the molecule is C=C/C(=C(/F)C(=C)C)C(C)O. The Bertz CT molecular complexity index is 202. The minimum atomic E-state index is -0.829. The third-order valence-electron chi connectivity index (χ3n) is 1.30. The molecule has 0 saturated heterocycles. The molecule has 11 heavy (non-hydrogen) atoms. The van der Waals surface area contributed by atoms with E-state index in [1.807, 2.05) is 0 Å². The summed E-state index contributed by atoms with van der Waals surface area (Å²) in [6.45, 7) is 9.83. The van der Waals surface area contributed by atoms with Crippen molar-refractivity contribution < 1.29 is 9.50 Å². The van der Waals surface area contributed by atoms with Crippen LogP contribution in [0.3, 0.4) is 0 Å². The number of rotatable bonds is 3. The van der Waals surface area contributed by atoms with E-state index in [-0.39, 0.29) is 5.57 Å². The Kier molecular flexibility index (Phi) is 3.76. The van der Waals surface area contributed by atoms with Crippen molar-refractivity contribution in [2.45, 2.75) is 20.0 Å². The van der Waals surface area contributed by atoms with Gasteiger partial charge in [0.15, 0.2) is 0 Å². The van der Waals surface area contributed by atoms with Crippen molar-refractivity contribution in [2.75, 3.05) is 0 Å². The van der Waals surface area contributed by atoms with Gasteiger partial charge < -0.3 is 5.11 Å². The first kappa shape index (κ1) is 10.1. The summed E-state index contributed by atoms with van der Waals surface area (Å²) < 4.78 is 13.0. The standard InChI is InChI=1S/C9H13FO/c1-5-8(7(4)11)9(10)6(2)3/h5,7,11H,1-2H2,3-4H3/b9-8-. The number of halogens is 1. The number of aliphatic hydroxyl groups excluding tert-OH is 1. The molecule has 0 aromatic heterocycles. The second-order valence-corrected chi connectivity index (χ2v) is 2.43. The van der Waals surface area contributed by atoms with E-state index in [1.165, 1.54) is 13.0 Å². The lowest BCUT2D eigenvalue weighted by atomic mass is 10.1. The second-order valence-electron chi connectivity index (χ2n) is 2.43. The van der Waals surface area contributed by atoms with Crippen LogP contribution in [0.2, 0.25) is 0 Å². The molecule has 1 atom stereocenters. The molecular weight excluding hydrogens is 143 g/mol. The van der Waals surface area contributed by atoms with Gasteiger partial charge in [0, 0.05) is 5.57 Å². The van der Waals surface area contributed by atoms with Crippen LogP contribution in [0.1, 0.15) is 13.8 Å². The Hall–Kier alpha value is -0.890. The van der Waals surface area contributed by atoms with Crippen LogP contribution < -0.4 is 0 Å². The van der Waals surface area contributed by atoms with E-state index >= 15 is 0 Å². The molecular formula is C9H13FO. The van der Waals surface area contributed by atoms with Gasteiger partial charge in [-0.25, -0.2) is 4.39 Å². The molecule has 1 unspecified atom stereocenters. The largest absolute Gasteiger partial charge is 0.389 e. The summed E-state index contributed by atoms with van der Waals surface area (Å²) in [4.78, 5) is 0. The molecule has 0 heterocycles. The number of aliphatic hydroxyl groups is 1. The molecule has 1 N–H and O–H groups in total. The maximum atomic E-state index is 13.0. The molecule has 0 fully saturated rings. The Morgan fingerprint density at radius 2 is 2.09 bits per heavy atom. The Labute approximate surface area is 66.5 Å². The van der Waals surface area contributed by atoms with Crippen molar-refractivity contribution in [3.8, 4) is 0 Å². The highest BCUT2D eigenvalue weighted by Gasteiger charge is 2.08. The van der Waals surface area contributed by atoms with E-state index in [1.54, 1.807) is 6.92 Å². The highest BCUT2D eigenvalue weighted by atomic mass is 19.1. The van der Waals surface area contributed by atoms with Crippen molar-refractivity contribution in [1.82, 2.24) is 0 Å². The van der Waals surface area contributed by atoms with Gasteiger partial charge in [0.1, 0.15) is 5.83 Å². The van der Waals surface area contributed by atoms with Crippen molar-refractivity contribution in [1.29, 1.82) is 0 Å². The van der Waals surface area contributed by atoms with Crippen molar-refractivity contribution >= 4 is 0 Å². The van der Waals surface area contributed by atoms with E-state index in [4.69, 9.17) is 5.11 Å². The third-order valence-corrected chi connectivity index (χ3v) is 1.30. The lowest BCUT2D eigenvalue weighted by Gasteiger charge is -2.06. The highest BCUT2D eigenvalue weighted by molar-refractivity contribution is 5.34. The normalized spacial score (nSPS) is 15.3. The van der Waals surface area contributed by atoms with Crippen molar-refractivity contribution in [2.24, 2.45) is 0 Å². The highest BCUT2D eigenvalue weighted by Crippen LogP contribution is 2.17. The van der Waals surface area contributed by atoms with E-state index in [9.17, 15) is 4.39 Å². The topological polar surface area (TPSA) is 20.2 Å². The summed E-state index contributed by atoms with van der Waals surface area (Å²) in [5.41, 5.74) is 0.498. The van der Waals surface area contributed by atoms with Gasteiger partial charge >= 0.3 is 0 Å². The minimum absolute atomic E-state index is 0.192. The van der Waals surface area contributed by atoms with Gasteiger partial charge in [0.05, 0.1) is 6.10 Å². The molecule has 0 spiro atoms. The fraction of sp³-hybridized carbons (Fsp3) is 0.333. The Morgan fingerprint density at radius 3 is 2.18 bits per heavy atom. The average molecular weight is 156 g/mol. The fourth-order valence-corrected chi connectivity index (χ4v) is 0.690. The molecule has 0 radical (unpaired) electrons. The van der Waals surface area contributed by atoms with Crippen LogP contribution in [0.25, 0.3) is 0 Å². The molecule has 0 aliphatic carbocycles. The first-order chi connectivity index (χ1) is 5.00. The maximum absolute atomic E-state index is 13.0. The summed E-state index contributed by atoms with van der Waals surface area (Å²) in [6, 6.07) is 0. The van der Waals surface area contributed by atoms with Gasteiger partial charge in [0.25, 0.3) is 0 Å². The first-order valence-corrected chi connectivity index (χ1v) is 3.36. The molecule has 0 rings (SSSR count). The van der Waals surface area contributed by atoms with E-state index in [2.05, 4.69) is 13.2 Å². The molecule has 0 aromatic carbocycles. The molecule has 1 nitrogen and oxygen atoms in total. The van der Waals surface area contributed by atoms with Crippen molar-refractivity contribution in [3.05, 3.63) is 36.2 Å². The fourth-order valence-electron chi connectivity index (χ4n) is 0.690. The number of allylic oxidation sites excluding steroid dienone is 2. The zero-order valence-electron chi connectivity index (χ0n) is 6.89. The number of hydrogen-bond acceptors (Lipinski definition) is 1. The van der Waals surface area contributed by atoms with Crippen LogP contribution in [0, 0.1) is 0 Å². The van der Waals surface area contributed by atoms with Gasteiger partial charge in [-0.15, -0.1) is 0 Å². The van der Waals surface area contributed by atoms with Crippen molar-refractivity contribution in [3.63, 3.8) is 0 Å². The predicted octanol–water partition coefficient (Wildman–Crippen LogP) is 2.35. The predicted molar refractivity (Wildman–Crippen MR) is 44.8 cm³/mol. The molecule has 0 amide bonds. The van der Waals surface area contributed by atoms with Gasteiger partial charge in [-0.3, -0.25) is 0 Å². The van der Waals surface area contributed by atoms with E-state index < -0.39 is 11.9 Å². The second kappa shape index (κ2) is 4.09. The molecule has 0 aromatic rings. The summed E-state index contributed by atoms with van der Waals surface area (Å²) in [5, 5.41) is 9.02. The molecule has 62 valence electrons. The molecule has 0 aliphatic rings. The van der Waals surface area contributed by atoms with Gasteiger partial charge in [-0.2, -0.15) is 0 Å². The maximum Gasteiger partial charge on any atom is 0.131 e. The lowest BCUT2D eigenvalue weighted by Crippen LogP contribution is -2.04. The molecule has 0 aliphatic heterocycles. The van der Waals surface area contributed by atoms with E-state index in [0.29, 0.717) is 5.57 Å². The smallest absolute Gasteiger partial charge is 0.131 e. The Balaban J connectivity index is 4.83. The van der Waals surface area contributed by atoms with Crippen LogP contribution in [-0.4, -0.2) is 11.2 Å². The minimum Gasteiger partial charge on any atom is -0.389 e. The molecule has 2 heteroatoms. The van der Waals surface area contributed by atoms with Crippen LogP contribution in [0.4, 0.5) is 4.39 Å². The Morgan fingerprint density at radius 1 is 1.64 bits per heavy atom. The monoisotopic (exact) mass is 156 g/mol. The van der Waals surface area contributed by atoms with Crippen LogP contribution in [0.5, 0.6) is 0 Å². The zero-order valence-corrected chi connectivity index (χ0v) is 6.89. The van der Waals surface area contributed by atoms with E-state index in [0.717, 1.165) is 0 Å². The molecule has 0 bridgehead atoms. The zero-order chi connectivity index (χ0) is 9.02. The van der Waals surface area contributed by atoms with Crippen LogP contribution in [0.15, 0.2) is 36.2 Å². The summed E-state index contributed by atoms with van der Waals surface area (Å²) in [6.07, 6.45) is 0.471. The number of hydrogen-bond donors (Lipinski definition) is 1. The quantitative estimate of drug-likeness (QED) is 0.622. The summed E-state index contributed by atoms with van der Waals surface area (Å²) in [7, 11) is 0. The van der Waals surface area contributed by atoms with Gasteiger partial charge in [-0.1, -0.05) is 19.2 Å². The average Bonchev–Trinajstić information content (AvgIpc) is 1.88.